The van der Waals surface area contributed by atoms with E-state index in [0.717, 1.165) is 11.8 Å². The highest BCUT2D eigenvalue weighted by Crippen LogP contribution is 2.41. The molecule has 2 atom stereocenters. The Morgan fingerprint density at radius 3 is 1.90 bits per heavy atom. The van der Waals surface area contributed by atoms with Crippen LogP contribution in [0.25, 0.3) is 0 Å². The van der Waals surface area contributed by atoms with Crippen LogP contribution in [0.2, 0.25) is 0 Å². The van der Waals surface area contributed by atoms with E-state index in [4.69, 9.17) is 5.73 Å². The fraction of sp³-hybridized carbons (Fsp3) is 1.00. The van der Waals surface area contributed by atoms with Gasteiger partial charge in [0, 0.05) is 6.04 Å². The van der Waals surface area contributed by atoms with Crippen LogP contribution in [0.1, 0.15) is 38.5 Å². The third-order valence-corrected chi connectivity index (χ3v) is 3.28. The molecule has 2 aliphatic rings. The second-order valence-electron chi connectivity index (χ2n) is 4.04. The van der Waals surface area contributed by atoms with Gasteiger partial charge in [-0.15, -0.1) is 0 Å². The average Bonchev–Trinajstić information content (AvgIpc) is 2.27. The summed E-state index contributed by atoms with van der Waals surface area (Å²) in [5.41, 5.74) is 5.89. The fourth-order valence-corrected chi connectivity index (χ4v) is 2.78. The van der Waals surface area contributed by atoms with Crippen LogP contribution in [0.4, 0.5) is 0 Å². The topological polar surface area (TPSA) is 26.0 Å². The molecule has 0 heterocycles. The van der Waals surface area contributed by atoms with Crippen molar-refractivity contribution in [2.24, 2.45) is 17.6 Å². The zero-order valence-corrected chi connectivity index (χ0v) is 6.55. The van der Waals surface area contributed by atoms with Crippen LogP contribution < -0.4 is 5.73 Å². The Kier molecular flexibility index (Phi) is 1.69. The van der Waals surface area contributed by atoms with Crippen molar-refractivity contribution in [2.45, 2.75) is 44.6 Å². The van der Waals surface area contributed by atoms with E-state index >= 15 is 0 Å². The predicted molar refractivity (Wildman–Crippen MR) is 42.7 cm³/mol. The van der Waals surface area contributed by atoms with Gasteiger partial charge in [-0.1, -0.05) is 25.7 Å². The molecule has 0 amide bonds. The zero-order chi connectivity index (χ0) is 6.97. The summed E-state index contributed by atoms with van der Waals surface area (Å²) in [6, 6.07) is 0.549. The molecule has 58 valence electrons. The van der Waals surface area contributed by atoms with Gasteiger partial charge in [-0.05, 0) is 24.7 Å². The van der Waals surface area contributed by atoms with Gasteiger partial charge >= 0.3 is 0 Å². The van der Waals surface area contributed by atoms with Crippen LogP contribution in [-0.4, -0.2) is 6.04 Å². The maximum Gasteiger partial charge on any atom is 0.00443 e. The van der Waals surface area contributed by atoms with Gasteiger partial charge in [-0.25, -0.2) is 0 Å². The molecule has 10 heavy (non-hydrogen) atoms. The first-order valence-corrected chi connectivity index (χ1v) is 4.62. The summed E-state index contributed by atoms with van der Waals surface area (Å²) in [6.45, 7) is 0. The minimum absolute atomic E-state index is 0.549. The van der Waals surface area contributed by atoms with Crippen molar-refractivity contribution in [2.75, 3.05) is 0 Å². The lowest BCUT2D eigenvalue weighted by molar-refractivity contribution is 0.277. The minimum Gasteiger partial charge on any atom is -0.328 e. The molecule has 0 aromatic rings. The van der Waals surface area contributed by atoms with E-state index < -0.39 is 0 Å². The van der Waals surface area contributed by atoms with Gasteiger partial charge in [0.2, 0.25) is 0 Å². The maximum absolute atomic E-state index is 5.89. The molecule has 0 unspecified atom stereocenters. The smallest absolute Gasteiger partial charge is 0.00443 e. The van der Waals surface area contributed by atoms with Crippen LogP contribution in [0.3, 0.4) is 0 Å². The Labute approximate surface area is 63.0 Å². The van der Waals surface area contributed by atoms with Crippen LogP contribution in [0, 0.1) is 11.8 Å². The highest BCUT2D eigenvalue weighted by Gasteiger charge is 2.33. The van der Waals surface area contributed by atoms with E-state index in [9.17, 15) is 0 Å². The van der Waals surface area contributed by atoms with Crippen molar-refractivity contribution in [3.8, 4) is 0 Å². The Balaban J connectivity index is 1.97. The fourth-order valence-electron chi connectivity index (χ4n) is 2.78. The first kappa shape index (κ1) is 6.66. The van der Waals surface area contributed by atoms with E-state index in [0.29, 0.717) is 6.04 Å². The van der Waals surface area contributed by atoms with Gasteiger partial charge in [0.15, 0.2) is 0 Å². The minimum atomic E-state index is 0.549. The van der Waals surface area contributed by atoms with Crippen molar-refractivity contribution < 1.29 is 0 Å². The molecule has 0 radical (unpaired) electrons. The van der Waals surface area contributed by atoms with Gasteiger partial charge in [0.05, 0.1) is 0 Å². The number of nitrogens with two attached hydrogens (primary N) is 1. The summed E-state index contributed by atoms with van der Waals surface area (Å²) in [5, 5.41) is 0. The van der Waals surface area contributed by atoms with Crippen molar-refractivity contribution >= 4 is 0 Å². The monoisotopic (exact) mass is 139 g/mol. The lowest BCUT2D eigenvalue weighted by Crippen LogP contribution is -2.14. The molecule has 0 aromatic heterocycles. The molecule has 1 heteroatoms. The number of hydrogen-bond acceptors (Lipinski definition) is 1. The summed E-state index contributed by atoms with van der Waals surface area (Å²) in [6.07, 6.45) is 8.52. The Bertz CT molecular complexity index is 108. The summed E-state index contributed by atoms with van der Waals surface area (Å²) in [5.74, 6) is 2.03. The van der Waals surface area contributed by atoms with Crippen molar-refractivity contribution in [1.29, 1.82) is 0 Å². The molecular weight excluding hydrogens is 122 g/mol. The number of fused-ring (bicyclic) bond motifs is 1. The molecule has 1 nitrogen and oxygen atoms in total. The van der Waals surface area contributed by atoms with Gasteiger partial charge in [-0.2, -0.15) is 0 Å². The summed E-state index contributed by atoms with van der Waals surface area (Å²) in [7, 11) is 0. The Morgan fingerprint density at radius 2 is 1.40 bits per heavy atom. The van der Waals surface area contributed by atoms with E-state index in [1.807, 2.05) is 0 Å². The predicted octanol–water partition coefficient (Wildman–Crippen LogP) is 1.91. The number of hydrogen-bond donors (Lipinski definition) is 1. The highest BCUT2D eigenvalue weighted by molar-refractivity contribution is 4.87. The van der Waals surface area contributed by atoms with Gasteiger partial charge in [0.25, 0.3) is 0 Å². The summed E-state index contributed by atoms with van der Waals surface area (Å²) >= 11 is 0. The third-order valence-electron chi connectivity index (χ3n) is 3.28. The normalized spacial score (nSPS) is 41.7. The molecule has 2 fully saturated rings. The lowest BCUT2D eigenvalue weighted by atomic mass is 9.82. The van der Waals surface area contributed by atoms with Crippen molar-refractivity contribution in [1.82, 2.24) is 0 Å². The second kappa shape index (κ2) is 2.54. The van der Waals surface area contributed by atoms with Crippen molar-refractivity contribution in [3.63, 3.8) is 0 Å². The third kappa shape index (κ3) is 1.07. The van der Waals surface area contributed by atoms with Crippen molar-refractivity contribution in [3.05, 3.63) is 0 Å². The Hall–Kier alpha value is -0.0400. The quantitative estimate of drug-likeness (QED) is 0.545. The van der Waals surface area contributed by atoms with Crippen LogP contribution in [-0.2, 0) is 0 Å². The van der Waals surface area contributed by atoms with Gasteiger partial charge in [-0.3, -0.25) is 0 Å². The Morgan fingerprint density at radius 1 is 0.900 bits per heavy atom. The largest absolute Gasteiger partial charge is 0.328 e. The highest BCUT2D eigenvalue weighted by atomic mass is 14.7. The standard InChI is InChI=1S/C9H17N/c10-9-5-7-3-1-2-4-8(7)6-9/h7-9H,1-6,10H2/t7-,8-/m0/s1. The molecule has 0 bridgehead atoms. The molecular formula is C9H17N. The summed E-state index contributed by atoms with van der Waals surface area (Å²) < 4.78 is 0. The van der Waals surface area contributed by atoms with Gasteiger partial charge in [0.1, 0.15) is 0 Å². The molecule has 0 aliphatic heterocycles. The van der Waals surface area contributed by atoms with E-state index in [-0.39, 0.29) is 0 Å². The molecule has 0 spiro atoms. The average molecular weight is 139 g/mol. The molecule has 2 rings (SSSR count). The van der Waals surface area contributed by atoms with Crippen LogP contribution >= 0.6 is 0 Å². The number of rotatable bonds is 0. The molecule has 0 aromatic carbocycles. The molecule has 2 N–H and O–H groups in total. The van der Waals surface area contributed by atoms with E-state index in [1.54, 1.807) is 0 Å². The molecule has 2 saturated carbocycles. The maximum atomic E-state index is 5.89. The van der Waals surface area contributed by atoms with Crippen LogP contribution in [0.5, 0.6) is 0 Å². The molecule has 2 aliphatic carbocycles. The molecule has 0 saturated heterocycles. The zero-order valence-electron chi connectivity index (χ0n) is 6.55. The van der Waals surface area contributed by atoms with Crippen LogP contribution in [0.15, 0.2) is 0 Å². The van der Waals surface area contributed by atoms with Gasteiger partial charge < -0.3 is 5.73 Å². The van der Waals surface area contributed by atoms with E-state index in [2.05, 4.69) is 0 Å². The SMILES string of the molecule is NC1C[C@@H]2CCCC[C@H]2C1. The second-order valence-corrected chi connectivity index (χ2v) is 4.04. The first-order chi connectivity index (χ1) is 4.86. The van der Waals surface area contributed by atoms with E-state index in [1.165, 1.54) is 38.5 Å². The lowest BCUT2D eigenvalue weighted by Gasteiger charge is -2.24. The summed E-state index contributed by atoms with van der Waals surface area (Å²) in [4.78, 5) is 0. The first-order valence-electron chi connectivity index (χ1n) is 4.62.